The summed E-state index contributed by atoms with van der Waals surface area (Å²) >= 11 is 0. The largest absolute Gasteiger partial charge is 0.419 e. The third-order valence-corrected chi connectivity index (χ3v) is 4.27. The van der Waals surface area contributed by atoms with Crippen LogP contribution in [-0.2, 0) is 6.18 Å². The van der Waals surface area contributed by atoms with E-state index in [0.717, 1.165) is 6.07 Å². The lowest BCUT2D eigenvalue weighted by Gasteiger charge is -2.31. The summed E-state index contributed by atoms with van der Waals surface area (Å²) in [6.45, 7) is 0.776. The number of hydrogen-bond acceptors (Lipinski definition) is 4. The smallest absolute Gasteiger partial charge is 0.368 e. The lowest BCUT2D eigenvalue weighted by atomic mass is 9.93. The molecule has 1 saturated heterocycles. The van der Waals surface area contributed by atoms with Crippen LogP contribution in [-0.4, -0.2) is 29.1 Å². The number of carbonyl (C=O) groups is 1. The van der Waals surface area contributed by atoms with Crippen LogP contribution in [0.15, 0.2) is 28.8 Å². The molecule has 0 spiro atoms. The summed E-state index contributed by atoms with van der Waals surface area (Å²) in [7, 11) is 0. The van der Waals surface area contributed by atoms with Gasteiger partial charge in [-0.1, -0.05) is 5.16 Å². The summed E-state index contributed by atoms with van der Waals surface area (Å²) in [5.74, 6) is -1.64. The van der Waals surface area contributed by atoms with Gasteiger partial charge in [0.15, 0.2) is 0 Å². The number of hydrogen-bond donors (Lipinski definition) is 1. The Kier molecular flexibility index (Phi) is 4.40. The van der Waals surface area contributed by atoms with Gasteiger partial charge >= 0.3 is 6.18 Å². The van der Waals surface area contributed by atoms with Crippen LogP contribution in [0.3, 0.4) is 0 Å². The molecule has 0 atom stereocenters. The molecule has 9 heteroatoms. The van der Waals surface area contributed by atoms with Crippen molar-refractivity contribution >= 4 is 11.8 Å². The van der Waals surface area contributed by atoms with Crippen LogP contribution in [0, 0.1) is 5.82 Å². The predicted octanol–water partition coefficient (Wildman–Crippen LogP) is 3.43. The van der Waals surface area contributed by atoms with Gasteiger partial charge in [-0.15, -0.1) is 0 Å². The molecule has 3 rings (SSSR count). The van der Waals surface area contributed by atoms with Gasteiger partial charge in [-0.2, -0.15) is 13.2 Å². The Bertz CT molecular complexity index is 780. The van der Waals surface area contributed by atoms with E-state index in [1.54, 1.807) is 6.07 Å². The molecule has 1 fully saturated rings. The molecule has 1 aromatic heterocycles. The SMILES string of the molecule is Nc1cc(C2CCN(C(=O)c3ccc(C(F)(F)F)c(F)c3)CC2)no1. The van der Waals surface area contributed by atoms with E-state index in [1.165, 1.54) is 4.90 Å². The first-order valence-electron chi connectivity index (χ1n) is 7.64. The number of likely N-dealkylation sites (tertiary alicyclic amines) is 1. The molecule has 134 valence electrons. The summed E-state index contributed by atoms with van der Waals surface area (Å²) in [6, 6.07) is 3.86. The molecule has 2 N–H and O–H groups in total. The van der Waals surface area contributed by atoms with Gasteiger partial charge in [0.05, 0.1) is 11.3 Å². The maximum absolute atomic E-state index is 13.6. The Morgan fingerprint density at radius 3 is 2.44 bits per heavy atom. The van der Waals surface area contributed by atoms with Gasteiger partial charge in [-0.05, 0) is 31.0 Å². The number of amides is 1. The molecular formula is C16H15F4N3O2. The molecule has 1 aliphatic heterocycles. The number of aromatic nitrogens is 1. The summed E-state index contributed by atoms with van der Waals surface area (Å²) in [5.41, 5.74) is 4.71. The number of rotatable bonds is 2. The first kappa shape index (κ1) is 17.2. The highest BCUT2D eigenvalue weighted by Crippen LogP contribution is 2.32. The highest BCUT2D eigenvalue weighted by Gasteiger charge is 2.34. The lowest BCUT2D eigenvalue weighted by molar-refractivity contribution is -0.140. The zero-order valence-corrected chi connectivity index (χ0v) is 13.0. The normalized spacial score (nSPS) is 16.2. The minimum absolute atomic E-state index is 0.0921. The van der Waals surface area contributed by atoms with Crippen molar-refractivity contribution < 1.29 is 26.9 Å². The fraction of sp³-hybridized carbons (Fsp3) is 0.375. The number of nitrogens with zero attached hydrogens (tertiary/aromatic N) is 2. The van der Waals surface area contributed by atoms with Gasteiger partial charge in [0.1, 0.15) is 5.82 Å². The number of halogens is 4. The number of carbonyl (C=O) groups excluding carboxylic acids is 1. The molecule has 0 radical (unpaired) electrons. The minimum atomic E-state index is -4.79. The minimum Gasteiger partial charge on any atom is -0.368 e. The van der Waals surface area contributed by atoms with Crippen LogP contribution in [0.4, 0.5) is 23.4 Å². The molecule has 2 heterocycles. The van der Waals surface area contributed by atoms with E-state index >= 15 is 0 Å². The molecule has 0 bridgehead atoms. The van der Waals surface area contributed by atoms with Crippen molar-refractivity contribution in [2.45, 2.75) is 24.9 Å². The third-order valence-electron chi connectivity index (χ3n) is 4.27. The standard InChI is InChI=1S/C16H15F4N3O2/c17-12-7-10(1-2-11(12)16(18,19)20)15(24)23-5-3-9(4-6-23)13-8-14(21)25-22-13/h1-2,7-9H,3-6,21H2. The fourth-order valence-electron chi connectivity index (χ4n) is 2.94. The molecule has 5 nitrogen and oxygen atoms in total. The monoisotopic (exact) mass is 357 g/mol. The highest BCUT2D eigenvalue weighted by atomic mass is 19.4. The van der Waals surface area contributed by atoms with Crippen LogP contribution < -0.4 is 5.73 Å². The van der Waals surface area contributed by atoms with E-state index in [4.69, 9.17) is 10.3 Å². The number of piperidine rings is 1. The number of benzene rings is 1. The number of nitrogens with two attached hydrogens (primary N) is 1. The summed E-state index contributed by atoms with van der Waals surface area (Å²) in [5, 5.41) is 3.85. The van der Waals surface area contributed by atoms with Crippen LogP contribution in [0.1, 0.15) is 40.4 Å². The van der Waals surface area contributed by atoms with E-state index in [1.807, 2.05) is 0 Å². The maximum Gasteiger partial charge on any atom is 0.419 e. The van der Waals surface area contributed by atoms with Gasteiger partial charge in [-0.3, -0.25) is 4.79 Å². The second-order valence-electron chi connectivity index (χ2n) is 5.91. The second kappa shape index (κ2) is 6.38. The van der Waals surface area contributed by atoms with Gasteiger partial charge in [0.2, 0.25) is 5.88 Å². The van der Waals surface area contributed by atoms with E-state index < -0.39 is 23.5 Å². The van der Waals surface area contributed by atoms with Crippen LogP contribution in [0.25, 0.3) is 0 Å². The van der Waals surface area contributed by atoms with Crippen molar-refractivity contribution in [1.82, 2.24) is 10.1 Å². The number of alkyl halides is 3. The first-order valence-corrected chi connectivity index (χ1v) is 7.64. The van der Waals surface area contributed by atoms with E-state index in [0.29, 0.717) is 43.8 Å². The van der Waals surface area contributed by atoms with Crippen molar-refractivity contribution in [3.8, 4) is 0 Å². The van der Waals surface area contributed by atoms with Crippen molar-refractivity contribution in [2.24, 2.45) is 0 Å². The molecule has 1 aliphatic rings. The van der Waals surface area contributed by atoms with E-state index in [2.05, 4.69) is 5.16 Å². The molecular weight excluding hydrogens is 342 g/mol. The first-order chi connectivity index (χ1) is 11.8. The molecule has 2 aromatic rings. The highest BCUT2D eigenvalue weighted by molar-refractivity contribution is 5.94. The van der Waals surface area contributed by atoms with Gasteiger partial charge in [-0.25, -0.2) is 4.39 Å². The Morgan fingerprint density at radius 2 is 1.92 bits per heavy atom. The van der Waals surface area contributed by atoms with Crippen molar-refractivity contribution in [3.05, 3.63) is 46.9 Å². The van der Waals surface area contributed by atoms with Crippen molar-refractivity contribution in [1.29, 1.82) is 0 Å². The van der Waals surface area contributed by atoms with Crippen LogP contribution >= 0.6 is 0 Å². The Hall–Kier alpha value is -2.58. The number of anilines is 1. The summed E-state index contributed by atoms with van der Waals surface area (Å²) in [6.07, 6.45) is -3.56. The average molecular weight is 357 g/mol. The average Bonchev–Trinajstić information content (AvgIpc) is 2.99. The predicted molar refractivity (Wildman–Crippen MR) is 80.2 cm³/mol. The van der Waals surface area contributed by atoms with Crippen molar-refractivity contribution in [2.75, 3.05) is 18.8 Å². The van der Waals surface area contributed by atoms with Gasteiger partial charge in [0.25, 0.3) is 5.91 Å². The van der Waals surface area contributed by atoms with Crippen LogP contribution in [0.5, 0.6) is 0 Å². The van der Waals surface area contributed by atoms with Crippen LogP contribution in [0.2, 0.25) is 0 Å². The lowest BCUT2D eigenvalue weighted by Crippen LogP contribution is -2.38. The number of nitrogen functional groups attached to an aromatic ring is 1. The molecule has 0 unspecified atom stereocenters. The molecule has 1 aromatic carbocycles. The molecule has 25 heavy (non-hydrogen) atoms. The molecule has 1 amide bonds. The van der Waals surface area contributed by atoms with Gasteiger partial charge < -0.3 is 15.2 Å². The zero-order valence-electron chi connectivity index (χ0n) is 13.0. The molecule has 0 aliphatic carbocycles. The molecule has 0 saturated carbocycles. The van der Waals surface area contributed by atoms with Gasteiger partial charge in [0, 0.05) is 30.6 Å². The quantitative estimate of drug-likeness (QED) is 0.836. The zero-order chi connectivity index (χ0) is 18.2. The van der Waals surface area contributed by atoms with Crippen molar-refractivity contribution in [3.63, 3.8) is 0 Å². The second-order valence-corrected chi connectivity index (χ2v) is 5.91. The Labute approximate surface area is 140 Å². The summed E-state index contributed by atoms with van der Waals surface area (Å²) in [4.78, 5) is 13.9. The Balaban J connectivity index is 1.67. The fourth-order valence-corrected chi connectivity index (χ4v) is 2.94. The Morgan fingerprint density at radius 1 is 1.24 bits per heavy atom. The van der Waals surface area contributed by atoms with E-state index in [-0.39, 0.29) is 17.4 Å². The van der Waals surface area contributed by atoms with E-state index in [9.17, 15) is 22.4 Å². The maximum atomic E-state index is 13.6. The summed E-state index contributed by atoms with van der Waals surface area (Å²) < 4.78 is 56.2. The third kappa shape index (κ3) is 3.59. The topological polar surface area (TPSA) is 72.4 Å².